The van der Waals surface area contributed by atoms with Crippen molar-refractivity contribution in [1.29, 1.82) is 0 Å². The van der Waals surface area contributed by atoms with E-state index in [1.165, 1.54) is 5.57 Å². The molecule has 1 aromatic rings. The molecule has 0 N–H and O–H groups in total. The van der Waals surface area contributed by atoms with Gasteiger partial charge in [0, 0.05) is 11.8 Å². The van der Waals surface area contributed by atoms with Crippen molar-refractivity contribution in [2.45, 2.75) is 12.8 Å². The molecule has 0 radical (unpaired) electrons. The van der Waals surface area contributed by atoms with Crippen LogP contribution in [0.25, 0.3) is 5.03 Å². The molecule has 0 atom stereocenters. The molecule has 0 amide bonds. The Morgan fingerprint density at radius 1 is 1.42 bits per heavy atom. The summed E-state index contributed by atoms with van der Waals surface area (Å²) in [5, 5.41) is 1.27. The van der Waals surface area contributed by atoms with Gasteiger partial charge in [-0.05, 0) is 25.0 Å². The lowest BCUT2D eigenvalue weighted by Crippen LogP contribution is -1.82. The Morgan fingerprint density at radius 3 is 2.75 bits per heavy atom. The van der Waals surface area contributed by atoms with Crippen LogP contribution in [-0.4, -0.2) is 4.98 Å². The van der Waals surface area contributed by atoms with Gasteiger partial charge in [-0.25, -0.2) is 4.98 Å². The molecule has 0 unspecified atom stereocenters. The first-order chi connectivity index (χ1) is 5.79. The topological polar surface area (TPSA) is 12.9 Å². The van der Waals surface area contributed by atoms with Gasteiger partial charge in [0.25, 0.3) is 0 Å². The van der Waals surface area contributed by atoms with Gasteiger partial charge in [0.05, 0.1) is 5.03 Å². The van der Waals surface area contributed by atoms with E-state index in [4.69, 9.17) is 23.2 Å². The van der Waals surface area contributed by atoms with Gasteiger partial charge in [0.2, 0.25) is 0 Å². The van der Waals surface area contributed by atoms with Crippen LogP contribution in [0.4, 0.5) is 0 Å². The zero-order valence-corrected chi connectivity index (χ0v) is 7.86. The number of nitrogens with zero attached hydrogens (tertiary/aromatic N) is 1. The van der Waals surface area contributed by atoms with Crippen LogP contribution in [0.3, 0.4) is 0 Å². The van der Waals surface area contributed by atoms with Crippen molar-refractivity contribution in [1.82, 2.24) is 4.98 Å². The third kappa shape index (κ3) is 1.47. The number of hydrogen-bond acceptors (Lipinski definition) is 1. The molecule has 1 fully saturated rings. The minimum atomic E-state index is 0.488. The van der Waals surface area contributed by atoms with E-state index in [0.717, 1.165) is 23.4 Å². The number of halogens is 2. The predicted octanol–water partition coefficient (Wildman–Crippen LogP) is 3.48. The van der Waals surface area contributed by atoms with Gasteiger partial charge in [-0.15, -0.1) is 0 Å². The maximum absolute atomic E-state index is 6.06. The molecule has 12 heavy (non-hydrogen) atoms. The first-order valence-corrected chi connectivity index (χ1v) is 4.53. The van der Waals surface area contributed by atoms with E-state index in [2.05, 4.69) is 4.98 Å². The Bertz CT molecular complexity index is 338. The van der Waals surface area contributed by atoms with E-state index >= 15 is 0 Å². The fourth-order valence-corrected chi connectivity index (χ4v) is 1.63. The fraction of sp³-hybridized carbons (Fsp3) is 0.222. The van der Waals surface area contributed by atoms with Crippen molar-refractivity contribution in [2.24, 2.45) is 0 Å². The van der Waals surface area contributed by atoms with Gasteiger partial charge >= 0.3 is 0 Å². The van der Waals surface area contributed by atoms with Crippen molar-refractivity contribution in [3.63, 3.8) is 0 Å². The molecule has 1 aliphatic rings. The van der Waals surface area contributed by atoms with E-state index in [1.807, 2.05) is 12.1 Å². The zero-order valence-electron chi connectivity index (χ0n) is 6.35. The number of allylic oxidation sites excluding steroid dienone is 1. The minimum Gasteiger partial charge on any atom is -0.244 e. The van der Waals surface area contributed by atoms with E-state index in [9.17, 15) is 0 Å². The van der Waals surface area contributed by atoms with Gasteiger partial charge in [-0.3, -0.25) is 0 Å². The number of hydrogen-bond donors (Lipinski definition) is 0. The molecule has 0 aliphatic heterocycles. The van der Waals surface area contributed by atoms with Gasteiger partial charge < -0.3 is 0 Å². The smallest absolute Gasteiger partial charge is 0.137 e. The first kappa shape index (κ1) is 8.09. The molecule has 0 bridgehead atoms. The van der Waals surface area contributed by atoms with Crippen LogP contribution < -0.4 is 0 Å². The van der Waals surface area contributed by atoms with Gasteiger partial charge in [0.1, 0.15) is 5.15 Å². The minimum absolute atomic E-state index is 0.488. The zero-order chi connectivity index (χ0) is 8.55. The maximum atomic E-state index is 6.06. The molecule has 3 heteroatoms. The average molecular weight is 200 g/mol. The van der Waals surface area contributed by atoms with Crippen LogP contribution in [0.2, 0.25) is 5.15 Å². The molecule has 1 aromatic heterocycles. The average Bonchev–Trinajstić information content (AvgIpc) is 2.86. The van der Waals surface area contributed by atoms with Crippen molar-refractivity contribution in [3.05, 3.63) is 34.6 Å². The number of rotatable bonds is 1. The lowest BCUT2D eigenvalue weighted by Gasteiger charge is -1.99. The van der Waals surface area contributed by atoms with Crippen LogP contribution >= 0.6 is 23.2 Å². The Labute approximate surface area is 81.0 Å². The Morgan fingerprint density at radius 2 is 2.17 bits per heavy atom. The lowest BCUT2D eigenvalue weighted by molar-refractivity contribution is 1.31. The second-order valence-corrected chi connectivity index (χ2v) is 3.50. The van der Waals surface area contributed by atoms with E-state index in [-0.39, 0.29) is 0 Å². The molecule has 1 aliphatic carbocycles. The van der Waals surface area contributed by atoms with E-state index in [0.29, 0.717) is 5.15 Å². The van der Waals surface area contributed by atoms with E-state index in [1.54, 1.807) is 6.20 Å². The Balaban J connectivity index is 2.46. The Hall–Kier alpha value is -0.530. The molecule has 0 aromatic carbocycles. The van der Waals surface area contributed by atoms with Crippen LogP contribution in [0, 0.1) is 0 Å². The fourth-order valence-electron chi connectivity index (χ4n) is 1.02. The van der Waals surface area contributed by atoms with Crippen molar-refractivity contribution in [2.75, 3.05) is 0 Å². The second kappa shape index (κ2) is 3.08. The van der Waals surface area contributed by atoms with Crippen LogP contribution in [-0.2, 0) is 0 Å². The summed E-state index contributed by atoms with van der Waals surface area (Å²) >= 11 is 11.9. The van der Waals surface area contributed by atoms with Crippen molar-refractivity contribution in [3.8, 4) is 0 Å². The highest BCUT2D eigenvalue weighted by Crippen LogP contribution is 2.39. The SMILES string of the molecule is ClC(=C1CC1)c1cccnc1Cl. The summed E-state index contributed by atoms with van der Waals surface area (Å²) in [6.07, 6.45) is 3.86. The van der Waals surface area contributed by atoms with E-state index < -0.39 is 0 Å². The van der Waals surface area contributed by atoms with Crippen molar-refractivity contribution >= 4 is 28.2 Å². The lowest BCUT2D eigenvalue weighted by atomic mass is 10.2. The van der Waals surface area contributed by atoms with Gasteiger partial charge in [0.15, 0.2) is 0 Å². The molecule has 2 rings (SSSR count). The monoisotopic (exact) mass is 199 g/mol. The summed E-state index contributed by atoms with van der Waals surface area (Å²) in [7, 11) is 0. The quantitative estimate of drug-likeness (QED) is 0.632. The maximum Gasteiger partial charge on any atom is 0.137 e. The van der Waals surface area contributed by atoms with Gasteiger partial charge in [-0.1, -0.05) is 28.8 Å². The highest BCUT2D eigenvalue weighted by Gasteiger charge is 2.18. The van der Waals surface area contributed by atoms with Crippen molar-refractivity contribution < 1.29 is 0 Å². The molecule has 1 heterocycles. The first-order valence-electron chi connectivity index (χ1n) is 3.77. The third-order valence-corrected chi connectivity index (χ3v) is 2.58. The van der Waals surface area contributed by atoms with Crippen LogP contribution in [0.1, 0.15) is 18.4 Å². The Kier molecular flexibility index (Phi) is 2.07. The summed E-state index contributed by atoms with van der Waals surface area (Å²) in [5.74, 6) is 0. The molecule has 0 spiro atoms. The van der Waals surface area contributed by atoms with Crippen LogP contribution in [0.5, 0.6) is 0 Å². The summed E-state index contributed by atoms with van der Waals surface area (Å²) in [6, 6.07) is 3.73. The molecule has 0 saturated heterocycles. The summed E-state index contributed by atoms with van der Waals surface area (Å²) < 4.78 is 0. The highest BCUT2D eigenvalue weighted by molar-refractivity contribution is 6.51. The molecular weight excluding hydrogens is 193 g/mol. The summed E-state index contributed by atoms with van der Waals surface area (Å²) in [6.45, 7) is 0. The normalized spacial score (nSPS) is 14.7. The summed E-state index contributed by atoms with van der Waals surface area (Å²) in [5.41, 5.74) is 2.14. The summed E-state index contributed by atoms with van der Waals surface area (Å²) in [4.78, 5) is 3.96. The second-order valence-electron chi connectivity index (χ2n) is 2.76. The number of pyridine rings is 1. The highest BCUT2D eigenvalue weighted by atomic mass is 35.5. The third-order valence-electron chi connectivity index (χ3n) is 1.81. The van der Waals surface area contributed by atoms with Crippen LogP contribution in [0.15, 0.2) is 23.9 Å². The van der Waals surface area contributed by atoms with Gasteiger partial charge in [-0.2, -0.15) is 0 Å². The molecule has 1 saturated carbocycles. The standard InChI is InChI=1S/C9H7Cl2N/c10-8(6-3-4-6)7-2-1-5-12-9(7)11/h1-2,5H,3-4H2. The molecule has 62 valence electrons. The molecule has 1 nitrogen and oxygen atoms in total. The predicted molar refractivity (Wildman–Crippen MR) is 51.3 cm³/mol. The number of aromatic nitrogens is 1. The largest absolute Gasteiger partial charge is 0.244 e. The molecular formula is C9H7Cl2N.